The topological polar surface area (TPSA) is 60.2 Å². The third-order valence-corrected chi connectivity index (χ3v) is 3.26. The van der Waals surface area contributed by atoms with Crippen LogP contribution in [0, 0.1) is 0 Å². The van der Waals surface area contributed by atoms with Crippen LogP contribution in [0.25, 0.3) is 0 Å². The second kappa shape index (κ2) is 2.83. The van der Waals surface area contributed by atoms with Crippen molar-refractivity contribution >= 4 is 9.84 Å². The van der Waals surface area contributed by atoms with Crippen LogP contribution in [-0.2, 0) is 22.7 Å². The molecule has 5 heteroatoms. The van der Waals surface area contributed by atoms with E-state index in [0.717, 1.165) is 43.2 Å². The van der Waals surface area contributed by atoms with Gasteiger partial charge >= 0.3 is 0 Å². The lowest BCUT2D eigenvalue weighted by Crippen LogP contribution is -2.05. The van der Waals surface area contributed by atoms with Crippen LogP contribution in [0.3, 0.4) is 0 Å². The van der Waals surface area contributed by atoms with Gasteiger partial charge in [0.15, 0.2) is 0 Å². The van der Waals surface area contributed by atoms with Crippen LogP contribution < -0.4 is 0 Å². The van der Waals surface area contributed by atoms with Gasteiger partial charge in [-0.2, -0.15) is 0 Å². The second-order valence-corrected chi connectivity index (χ2v) is 5.29. The molecule has 0 radical (unpaired) electrons. The van der Waals surface area contributed by atoms with Crippen molar-refractivity contribution in [2.75, 3.05) is 6.26 Å². The summed E-state index contributed by atoms with van der Waals surface area (Å²) in [6.07, 6.45) is 4.87. The van der Waals surface area contributed by atoms with Gasteiger partial charge in [-0.05, 0) is 25.7 Å². The quantitative estimate of drug-likeness (QED) is 0.679. The van der Waals surface area contributed by atoms with Crippen LogP contribution in [0.4, 0.5) is 0 Å². The predicted octanol–water partition coefficient (Wildman–Crippen LogP) is 0.957. The number of rotatable bonds is 1. The highest BCUT2D eigenvalue weighted by atomic mass is 32.2. The molecule has 0 fully saturated rings. The van der Waals surface area contributed by atoms with Gasteiger partial charge in [0.25, 0.3) is 5.09 Å². The summed E-state index contributed by atoms with van der Waals surface area (Å²) < 4.78 is 27.3. The van der Waals surface area contributed by atoms with Gasteiger partial charge < -0.3 is 4.52 Å². The zero-order chi connectivity index (χ0) is 9.47. The lowest BCUT2D eigenvalue weighted by molar-refractivity contribution is 0.334. The van der Waals surface area contributed by atoms with Crippen LogP contribution in [0.5, 0.6) is 0 Å². The maximum absolute atomic E-state index is 11.2. The van der Waals surface area contributed by atoms with E-state index in [2.05, 4.69) is 5.16 Å². The maximum Gasteiger partial charge on any atom is 0.253 e. The van der Waals surface area contributed by atoms with Crippen molar-refractivity contribution in [2.45, 2.75) is 30.8 Å². The highest BCUT2D eigenvalue weighted by molar-refractivity contribution is 7.90. The van der Waals surface area contributed by atoms with E-state index >= 15 is 0 Å². The summed E-state index contributed by atoms with van der Waals surface area (Å²) in [6, 6.07) is 0. The first-order chi connectivity index (χ1) is 6.09. The Kier molecular flexibility index (Phi) is 1.91. The summed E-state index contributed by atoms with van der Waals surface area (Å²) in [6.45, 7) is 0. The number of nitrogens with zero attached hydrogens (tertiary/aromatic N) is 1. The third kappa shape index (κ3) is 1.48. The summed E-state index contributed by atoms with van der Waals surface area (Å²) in [5.41, 5.74) is 1.63. The van der Waals surface area contributed by atoms with E-state index in [1.54, 1.807) is 0 Å². The van der Waals surface area contributed by atoms with E-state index in [1.807, 2.05) is 0 Å². The number of aryl methyl sites for hydroxylation is 1. The standard InChI is InChI=1S/C8H11NO3S/c1-13(10,11)8-6-4-2-3-5-7(6)9-12-8/h2-5H2,1H3. The molecular formula is C8H11NO3S. The van der Waals surface area contributed by atoms with Crippen LogP contribution in [0.2, 0.25) is 0 Å². The van der Waals surface area contributed by atoms with Crippen molar-refractivity contribution in [3.8, 4) is 0 Å². The fraction of sp³-hybridized carbons (Fsp3) is 0.625. The Labute approximate surface area is 76.8 Å². The minimum absolute atomic E-state index is 0.0715. The molecule has 1 aromatic heterocycles. The summed E-state index contributed by atoms with van der Waals surface area (Å²) in [4.78, 5) is 0. The third-order valence-electron chi connectivity index (χ3n) is 2.26. The van der Waals surface area contributed by atoms with E-state index in [1.165, 1.54) is 0 Å². The van der Waals surface area contributed by atoms with Gasteiger partial charge in [-0.25, -0.2) is 8.42 Å². The van der Waals surface area contributed by atoms with E-state index in [0.29, 0.717) is 0 Å². The molecule has 0 atom stereocenters. The molecule has 0 spiro atoms. The summed E-state index contributed by atoms with van der Waals surface area (Å²) in [7, 11) is -3.23. The van der Waals surface area contributed by atoms with Crippen molar-refractivity contribution in [3.05, 3.63) is 11.3 Å². The molecular weight excluding hydrogens is 190 g/mol. The molecule has 13 heavy (non-hydrogen) atoms. The molecule has 1 aliphatic carbocycles. The Balaban J connectivity index is 2.55. The molecule has 0 saturated carbocycles. The first-order valence-corrected chi connectivity index (χ1v) is 6.15. The summed E-state index contributed by atoms with van der Waals surface area (Å²) >= 11 is 0. The number of hydrogen-bond acceptors (Lipinski definition) is 4. The lowest BCUT2D eigenvalue weighted by atomic mass is 9.99. The molecule has 4 nitrogen and oxygen atoms in total. The molecule has 1 heterocycles. The number of aromatic nitrogens is 1. The lowest BCUT2D eigenvalue weighted by Gasteiger charge is -2.07. The fourth-order valence-corrected chi connectivity index (χ4v) is 2.49. The highest BCUT2D eigenvalue weighted by Crippen LogP contribution is 2.26. The SMILES string of the molecule is CS(=O)(=O)c1onc2c1CCCC2. The molecule has 0 unspecified atom stereocenters. The average molecular weight is 201 g/mol. The van der Waals surface area contributed by atoms with Crippen LogP contribution in [0.15, 0.2) is 9.62 Å². The molecule has 0 N–H and O–H groups in total. The number of hydrogen-bond donors (Lipinski definition) is 0. The van der Waals surface area contributed by atoms with Gasteiger partial charge in [0, 0.05) is 11.8 Å². The van der Waals surface area contributed by atoms with E-state index in [-0.39, 0.29) is 5.09 Å². The van der Waals surface area contributed by atoms with Crippen molar-refractivity contribution < 1.29 is 12.9 Å². The number of fused-ring (bicyclic) bond motifs is 1. The largest absolute Gasteiger partial charge is 0.344 e. The van der Waals surface area contributed by atoms with Gasteiger partial charge in [-0.1, -0.05) is 5.16 Å². The first-order valence-electron chi connectivity index (χ1n) is 4.26. The molecule has 0 amide bonds. The Morgan fingerprint density at radius 2 is 2.00 bits per heavy atom. The van der Waals surface area contributed by atoms with Gasteiger partial charge in [0.1, 0.15) is 0 Å². The first kappa shape index (κ1) is 8.74. The van der Waals surface area contributed by atoms with Crippen molar-refractivity contribution in [2.24, 2.45) is 0 Å². The monoisotopic (exact) mass is 201 g/mol. The van der Waals surface area contributed by atoms with Gasteiger partial charge in [-0.15, -0.1) is 0 Å². The van der Waals surface area contributed by atoms with Crippen LogP contribution >= 0.6 is 0 Å². The predicted molar refractivity (Wildman–Crippen MR) is 46.3 cm³/mol. The van der Waals surface area contributed by atoms with Gasteiger partial charge in [-0.3, -0.25) is 0 Å². The summed E-state index contributed by atoms with van der Waals surface area (Å²) in [5.74, 6) is 0. The van der Waals surface area contributed by atoms with Crippen molar-refractivity contribution in [1.29, 1.82) is 0 Å². The average Bonchev–Trinajstić information content (AvgIpc) is 2.45. The second-order valence-electron chi connectivity index (χ2n) is 3.37. The smallest absolute Gasteiger partial charge is 0.253 e. The van der Waals surface area contributed by atoms with Crippen molar-refractivity contribution in [3.63, 3.8) is 0 Å². The van der Waals surface area contributed by atoms with E-state index in [9.17, 15) is 8.42 Å². The van der Waals surface area contributed by atoms with Crippen LogP contribution in [0.1, 0.15) is 24.1 Å². The molecule has 1 aliphatic rings. The minimum Gasteiger partial charge on any atom is -0.344 e. The molecule has 0 aromatic carbocycles. The Morgan fingerprint density at radius 3 is 2.69 bits per heavy atom. The van der Waals surface area contributed by atoms with Gasteiger partial charge in [0.05, 0.1) is 5.69 Å². The number of sulfone groups is 1. The van der Waals surface area contributed by atoms with E-state index < -0.39 is 9.84 Å². The molecule has 0 bridgehead atoms. The minimum atomic E-state index is -3.23. The molecule has 72 valence electrons. The molecule has 0 aliphatic heterocycles. The molecule has 2 rings (SSSR count). The van der Waals surface area contributed by atoms with Crippen molar-refractivity contribution in [1.82, 2.24) is 5.16 Å². The highest BCUT2D eigenvalue weighted by Gasteiger charge is 2.25. The van der Waals surface area contributed by atoms with Crippen LogP contribution in [-0.4, -0.2) is 19.8 Å². The Hall–Kier alpha value is -0.840. The summed E-state index contributed by atoms with van der Waals surface area (Å²) in [5, 5.41) is 3.84. The molecule has 1 aromatic rings. The van der Waals surface area contributed by atoms with E-state index in [4.69, 9.17) is 4.52 Å². The Morgan fingerprint density at radius 1 is 1.31 bits per heavy atom. The zero-order valence-electron chi connectivity index (χ0n) is 7.41. The molecule has 0 saturated heterocycles. The van der Waals surface area contributed by atoms with Gasteiger partial charge in [0.2, 0.25) is 9.84 Å². The zero-order valence-corrected chi connectivity index (χ0v) is 8.23. The maximum atomic E-state index is 11.2. The fourth-order valence-electron chi connectivity index (χ4n) is 1.65. The Bertz CT molecular complexity index is 419. The normalized spacial score (nSPS) is 17.0.